The molecule has 3 N–H and O–H groups in total. The summed E-state index contributed by atoms with van der Waals surface area (Å²) in [4.78, 5) is 36.1. The Hall–Kier alpha value is -2.45. The van der Waals surface area contributed by atoms with Crippen LogP contribution in [0.3, 0.4) is 0 Å². The number of primary amides is 1. The van der Waals surface area contributed by atoms with Crippen molar-refractivity contribution >= 4 is 45.4 Å². The minimum absolute atomic E-state index is 0.169. The van der Waals surface area contributed by atoms with Gasteiger partial charge in [0.25, 0.3) is 17.5 Å². The molecule has 0 saturated carbocycles. The van der Waals surface area contributed by atoms with Crippen molar-refractivity contribution in [1.82, 2.24) is 0 Å². The predicted molar refractivity (Wildman–Crippen MR) is 100 cm³/mol. The van der Waals surface area contributed by atoms with Gasteiger partial charge in [-0.05, 0) is 42.9 Å². The second kappa shape index (κ2) is 7.05. The summed E-state index contributed by atoms with van der Waals surface area (Å²) in [6, 6.07) is 3.75. The Morgan fingerprint density at radius 1 is 1.42 bits per heavy atom. The van der Waals surface area contributed by atoms with Gasteiger partial charge in [-0.25, -0.2) is 0 Å². The van der Waals surface area contributed by atoms with Gasteiger partial charge < -0.3 is 11.1 Å². The van der Waals surface area contributed by atoms with Crippen LogP contribution in [0.4, 0.5) is 10.7 Å². The first-order valence-corrected chi connectivity index (χ1v) is 9.17. The van der Waals surface area contributed by atoms with Crippen molar-refractivity contribution in [3.63, 3.8) is 0 Å². The van der Waals surface area contributed by atoms with Gasteiger partial charge in [0.05, 0.1) is 10.5 Å². The number of nitro groups is 1. The maximum absolute atomic E-state index is 12.6. The van der Waals surface area contributed by atoms with Crippen molar-refractivity contribution in [2.24, 2.45) is 11.7 Å². The zero-order valence-corrected chi connectivity index (χ0v) is 15.4. The van der Waals surface area contributed by atoms with Crippen LogP contribution in [0.5, 0.6) is 0 Å². The van der Waals surface area contributed by atoms with Crippen molar-refractivity contribution in [3.05, 3.63) is 54.9 Å². The second-order valence-corrected chi connectivity index (χ2v) is 7.83. The average Bonchev–Trinajstić information content (AvgIpc) is 2.91. The maximum atomic E-state index is 12.6. The molecule has 1 atom stereocenters. The number of thiophene rings is 1. The standard InChI is InChI=1S/C17H16ClN3O4S/c1-8-2-4-10-13(6-8)26-17(14(10)15(19)22)20-16(23)11-7-9(18)3-5-12(11)21(24)25/h3,5,7-8H,2,4,6H2,1H3,(H2,19,22)(H,20,23). The van der Waals surface area contributed by atoms with Crippen molar-refractivity contribution in [1.29, 1.82) is 0 Å². The van der Waals surface area contributed by atoms with Gasteiger partial charge in [-0.1, -0.05) is 18.5 Å². The van der Waals surface area contributed by atoms with Crippen LogP contribution in [0.2, 0.25) is 5.02 Å². The minimum Gasteiger partial charge on any atom is -0.365 e. The van der Waals surface area contributed by atoms with Crippen molar-refractivity contribution in [2.75, 3.05) is 5.32 Å². The van der Waals surface area contributed by atoms with Crippen LogP contribution in [-0.2, 0) is 12.8 Å². The number of rotatable bonds is 4. The lowest BCUT2D eigenvalue weighted by atomic mass is 9.88. The van der Waals surface area contributed by atoms with Gasteiger partial charge in [-0.3, -0.25) is 19.7 Å². The third-order valence-corrected chi connectivity index (χ3v) is 5.79. The van der Waals surface area contributed by atoms with Gasteiger partial charge in [-0.15, -0.1) is 11.3 Å². The molecule has 9 heteroatoms. The summed E-state index contributed by atoms with van der Waals surface area (Å²) in [7, 11) is 0. The Balaban J connectivity index is 2.00. The monoisotopic (exact) mass is 393 g/mol. The van der Waals surface area contributed by atoms with E-state index in [0.717, 1.165) is 29.7 Å². The quantitative estimate of drug-likeness (QED) is 0.607. The number of amides is 2. The molecule has 0 bridgehead atoms. The van der Waals surface area contributed by atoms with Crippen LogP contribution in [0.25, 0.3) is 0 Å². The van der Waals surface area contributed by atoms with Crippen LogP contribution in [0.15, 0.2) is 18.2 Å². The average molecular weight is 394 g/mol. The topological polar surface area (TPSA) is 115 Å². The van der Waals surface area contributed by atoms with E-state index in [4.69, 9.17) is 17.3 Å². The molecule has 1 aromatic heterocycles. The van der Waals surface area contributed by atoms with E-state index >= 15 is 0 Å². The number of halogens is 1. The summed E-state index contributed by atoms with van der Waals surface area (Å²) in [5, 5.41) is 14.3. The Kier molecular flexibility index (Phi) is 4.97. The number of hydrogen-bond acceptors (Lipinski definition) is 5. The van der Waals surface area contributed by atoms with Gasteiger partial charge in [-0.2, -0.15) is 0 Å². The van der Waals surface area contributed by atoms with Crippen molar-refractivity contribution < 1.29 is 14.5 Å². The summed E-state index contributed by atoms with van der Waals surface area (Å²) in [5.41, 5.74) is 6.17. The van der Waals surface area contributed by atoms with E-state index in [2.05, 4.69) is 12.2 Å². The summed E-state index contributed by atoms with van der Waals surface area (Å²) in [5.74, 6) is -0.833. The van der Waals surface area contributed by atoms with E-state index in [1.807, 2.05) is 0 Å². The molecule has 136 valence electrons. The highest BCUT2D eigenvalue weighted by Gasteiger charge is 2.28. The summed E-state index contributed by atoms with van der Waals surface area (Å²) >= 11 is 7.17. The third-order valence-electron chi connectivity index (χ3n) is 4.39. The number of nitrogens with one attached hydrogen (secondary N) is 1. The Bertz CT molecular complexity index is 925. The highest BCUT2D eigenvalue weighted by molar-refractivity contribution is 7.17. The lowest BCUT2D eigenvalue weighted by molar-refractivity contribution is -0.385. The largest absolute Gasteiger partial charge is 0.365 e. The molecular weight excluding hydrogens is 378 g/mol. The normalized spacial score (nSPS) is 16.0. The fraction of sp³-hybridized carbons (Fsp3) is 0.294. The number of nitrogens with two attached hydrogens (primary N) is 1. The summed E-state index contributed by atoms with van der Waals surface area (Å²) < 4.78 is 0. The molecule has 0 radical (unpaired) electrons. The highest BCUT2D eigenvalue weighted by atomic mass is 35.5. The SMILES string of the molecule is CC1CCc2c(sc(NC(=O)c3cc(Cl)ccc3[N+](=O)[O-])c2C(N)=O)C1. The number of nitro benzene ring substituents is 1. The zero-order chi connectivity index (χ0) is 19.0. The number of hydrogen-bond donors (Lipinski definition) is 2. The fourth-order valence-corrected chi connectivity index (χ4v) is 4.70. The van der Waals surface area contributed by atoms with Gasteiger partial charge in [0.1, 0.15) is 10.6 Å². The molecule has 0 aliphatic heterocycles. The smallest absolute Gasteiger partial charge is 0.282 e. The van der Waals surface area contributed by atoms with Gasteiger partial charge in [0.2, 0.25) is 0 Å². The first-order chi connectivity index (χ1) is 12.3. The van der Waals surface area contributed by atoms with E-state index < -0.39 is 16.7 Å². The lowest BCUT2D eigenvalue weighted by Gasteiger charge is -2.18. The van der Waals surface area contributed by atoms with Crippen molar-refractivity contribution in [2.45, 2.75) is 26.2 Å². The molecule has 26 heavy (non-hydrogen) atoms. The van der Waals surface area contributed by atoms with Crippen molar-refractivity contribution in [3.8, 4) is 0 Å². The molecule has 2 amide bonds. The van der Waals surface area contributed by atoms with Crippen LogP contribution in [-0.4, -0.2) is 16.7 Å². The molecule has 1 aromatic carbocycles. The van der Waals surface area contributed by atoms with E-state index in [1.54, 1.807) is 0 Å². The Labute approximate surface area is 158 Å². The van der Waals surface area contributed by atoms with Gasteiger partial charge in [0, 0.05) is 16.0 Å². The molecule has 1 unspecified atom stereocenters. The molecule has 1 aliphatic rings. The van der Waals surface area contributed by atoms with E-state index in [0.29, 0.717) is 16.5 Å². The molecule has 2 aromatic rings. The minimum atomic E-state index is -0.701. The van der Waals surface area contributed by atoms with Gasteiger partial charge >= 0.3 is 0 Å². The molecule has 0 saturated heterocycles. The summed E-state index contributed by atoms with van der Waals surface area (Å²) in [6.45, 7) is 2.13. The van der Waals surface area contributed by atoms with E-state index in [1.165, 1.54) is 29.5 Å². The lowest BCUT2D eigenvalue weighted by Crippen LogP contribution is -2.19. The van der Waals surface area contributed by atoms with Gasteiger partial charge in [0.15, 0.2) is 0 Å². The molecule has 7 nitrogen and oxygen atoms in total. The molecule has 0 fully saturated rings. The van der Waals surface area contributed by atoms with Crippen LogP contribution in [0.1, 0.15) is 44.5 Å². The number of carbonyl (C=O) groups is 2. The van der Waals surface area contributed by atoms with Crippen LogP contribution >= 0.6 is 22.9 Å². The number of anilines is 1. The molecular formula is C17H16ClN3O4S. The number of benzene rings is 1. The first-order valence-electron chi connectivity index (χ1n) is 7.97. The van der Waals surface area contributed by atoms with Crippen LogP contribution in [0, 0.1) is 16.0 Å². The zero-order valence-electron chi connectivity index (χ0n) is 13.9. The predicted octanol–water partition coefficient (Wildman–Crippen LogP) is 3.79. The molecule has 0 spiro atoms. The second-order valence-electron chi connectivity index (χ2n) is 6.29. The maximum Gasteiger partial charge on any atom is 0.282 e. The third kappa shape index (κ3) is 3.42. The Morgan fingerprint density at radius 2 is 2.15 bits per heavy atom. The summed E-state index contributed by atoms with van der Waals surface area (Å²) in [6.07, 6.45) is 2.48. The van der Waals surface area contributed by atoms with E-state index in [-0.39, 0.29) is 16.3 Å². The molecule has 1 heterocycles. The molecule has 3 rings (SSSR count). The number of fused-ring (bicyclic) bond motifs is 1. The van der Waals surface area contributed by atoms with E-state index in [9.17, 15) is 19.7 Å². The highest BCUT2D eigenvalue weighted by Crippen LogP contribution is 2.39. The first kappa shape index (κ1) is 18.3. The fourth-order valence-electron chi connectivity index (χ4n) is 3.12. The molecule has 1 aliphatic carbocycles. The number of nitrogens with zero attached hydrogens (tertiary/aromatic N) is 1. The van der Waals surface area contributed by atoms with Crippen LogP contribution < -0.4 is 11.1 Å². The Morgan fingerprint density at radius 3 is 2.81 bits per heavy atom. The number of carbonyl (C=O) groups excluding carboxylic acids is 2.